The summed E-state index contributed by atoms with van der Waals surface area (Å²) in [7, 11) is 0. The third kappa shape index (κ3) is 1.91. The molecule has 1 aromatic carbocycles. The standard InChI is InChI=1S/C11H13ClFN/c1-7-2-5-11(14-7)8-3-4-10(13)9(12)6-8/h3-4,6-7,11,14H,2,5H2,1H3/t7-,11-/m1/s1. The molecular weight excluding hydrogens is 201 g/mol. The van der Waals surface area contributed by atoms with Gasteiger partial charge in [-0.3, -0.25) is 0 Å². The van der Waals surface area contributed by atoms with Crippen LogP contribution < -0.4 is 5.32 Å². The first-order valence-electron chi connectivity index (χ1n) is 4.88. The Kier molecular flexibility index (Phi) is 2.75. The van der Waals surface area contributed by atoms with E-state index in [4.69, 9.17) is 11.6 Å². The molecule has 1 fully saturated rings. The zero-order valence-electron chi connectivity index (χ0n) is 8.06. The zero-order valence-corrected chi connectivity index (χ0v) is 8.81. The predicted octanol–water partition coefficient (Wildman–Crippen LogP) is 3.29. The molecule has 2 atom stereocenters. The van der Waals surface area contributed by atoms with Crippen LogP contribution in [0, 0.1) is 5.82 Å². The molecule has 0 amide bonds. The van der Waals surface area contributed by atoms with E-state index in [0.29, 0.717) is 12.1 Å². The van der Waals surface area contributed by atoms with Crippen LogP contribution in [0.1, 0.15) is 31.4 Å². The molecule has 1 nitrogen and oxygen atoms in total. The van der Waals surface area contributed by atoms with E-state index in [1.165, 1.54) is 12.5 Å². The van der Waals surface area contributed by atoms with E-state index >= 15 is 0 Å². The first-order chi connectivity index (χ1) is 6.66. The van der Waals surface area contributed by atoms with Crippen molar-refractivity contribution in [2.75, 3.05) is 0 Å². The van der Waals surface area contributed by atoms with Crippen molar-refractivity contribution in [3.05, 3.63) is 34.6 Å². The van der Waals surface area contributed by atoms with Gasteiger partial charge in [0.15, 0.2) is 0 Å². The molecular formula is C11H13ClFN. The predicted molar refractivity (Wildman–Crippen MR) is 56.0 cm³/mol. The second-order valence-corrected chi connectivity index (χ2v) is 4.28. The Morgan fingerprint density at radius 2 is 2.21 bits per heavy atom. The van der Waals surface area contributed by atoms with Gasteiger partial charge in [-0.2, -0.15) is 0 Å². The van der Waals surface area contributed by atoms with Crippen LogP contribution in [0.2, 0.25) is 5.02 Å². The molecule has 2 rings (SSSR count). The van der Waals surface area contributed by atoms with E-state index in [2.05, 4.69) is 12.2 Å². The molecule has 1 aliphatic heterocycles. The molecule has 0 saturated carbocycles. The maximum absolute atomic E-state index is 12.9. The zero-order chi connectivity index (χ0) is 10.1. The van der Waals surface area contributed by atoms with E-state index in [1.54, 1.807) is 12.1 Å². The summed E-state index contributed by atoms with van der Waals surface area (Å²) < 4.78 is 12.9. The minimum Gasteiger partial charge on any atom is -0.307 e. The second kappa shape index (κ2) is 3.87. The molecule has 0 unspecified atom stereocenters. The Bertz CT molecular complexity index is 340. The molecule has 1 saturated heterocycles. The average Bonchev–Trinajstić information content (AvgIpc) is 2.57. The van der Waals surface area contributed by atoms with Crippen molar-refractivity contribution in [3.8, 4) is 0 Å². The van der Waals surface area contributed by atoms with Gasteiger partial charge in [-0.1, -0.05) is 17.7 Å². The highest BCUT2D eigenvalue weighted by molar-refractivity contribution is 6.30. The topological polar surface area (TPSA) is 12.0 Å². The fourth-order valence-electron chi connectivity index (χ4n) is 1.92. The Balaban J connectivity index is 2.20. The summed E-state index contributed by atoms with van der Waals surface area (Å²) in [6.07, 6.45) is 2.27. The molecule has 76 valence electrons. The van der Waals surface area contributed by atoms with Crippen LogP contribution in [0.25, 0.3) is 0 Å². The number of benzene rings is 1. The van der Waals surface area contributed by atoms with Gasteiger partial charge in [0.2, 0.25) is 0 Å². The maximum atomic E-state index is 12.9. The van der Waals surface area contributed by atoms with Gasteiger partial charge in [0, 0.05) is 12.1 Å². The lowest BCUT2D eigenvalue weighted by atomic mass is 10.1. The Morgan fingerprint density at radius 3 is 2.79 bits per heavy atom. The minimum atomic E-state index is -0.346. The Labute approximate surface area is 88.3 Å². The summed E-state index contributed by atoms with van der Waals surface area (Å²) in [4.78, 5) is 0. The van der Waals surface area contributed by atoms with E-state index in [1.807, 2.05) is 0 Å². The van der Waals surface area contributed by atoms with Gasteiger partial charge in [0.25, 0.3) is 0 Å². The van der Waals surface area contributed by atoms with E-state index in [-0.39, 0.29) is 10.8 Å². The lowest BCUT2D eigenvalue weighted by Gasteiger charge is -2.12. The van der Waals surface area contributed by atoms with Crippen LogP contribution in [-0.2, 0) is 0 Å². The molecule has 0 bridgehead atoms. The van der Waals surface area contributed by atoms with Crippen molar-refractivity contribution in [3.63, 3.8) is 0 Å². The summed E-state index contributed by atoms with van der Waals surface area (Å²) in [5.74, 6) is -0.346. The van der Waals surface area contributed by atoms with Crippen LogP contribution in [0.3, 0.4) is 0 Å². The molecule has 0 radical (unpaired) electrons. The van der Waals surface area contributed by atoms with E-state index < -0.39 is 0 Å². The van der Waals surface area contributed by atoms with Crippen molar-refractivity contribution < 1.29 is 4.39 Å². The fraction of sp³-hybridized carbons (Fsp3) is 0.455. The van der Waals surface area contributed by atoms with Crippen LogP contribution in [0.5, 0.6) is 0 Å². The molecule has 0 aliphatic carbocycles. The van der Waals surface area contributed by atoms with Gasteiger partial charge in [0.1, 0.15) is 5.82 Å². The van der Waals surface area contributed by atoms with Crippen molar-refractivity contribution in [1.29, 1.82) is 0 Å². The number of rotatable bonds is 1. The number of nitrogens with one attached hydrogen (secondary N) is 1. The summed E-state index contributed by atoms with van der Waals surface area (Å²) in [5.41, 5.74) is 1.08. The van der Waals surface area contributed by atoms with Gasteiger partial charge in [-0.05, 0) is 37.5 Å². The molecule has 14 heavy (non-hydrogen) atoms. The first kappa shape index (κ1) is 9.94. The van der Waals surface area contributed by atoms with Gasteiger partial charge in [-0.15, -0.1) is 0 Å². The highest BCUT2D eigenvalue weighted by Crippen LogP contribution is 2.28. The van der Waals surface area contributed by atoms with Gasteiger partial charge in [-0.25, -0.2) is 4.39 Å². The number of hydrogen-bond donors (Lipinski definition) is 1. The molecule has 1 heterocycles. The Morgan fingerprint density at radius 1 is 1.43 bits per heavy atom. The maximum Gasteiger partial charge on any atom is 0.141 e. The van der Waals surface area contributed by atoms with Crippen LogP contribution in [0.15, 0.2) is 18.2 Å². The van der Waals surface area contributed by atoms with Crippen molar-refractivity contribution in [2.24, 2.45) is 0 Å². The van der Waals surface area contributed by atoms with Gasteiger partial charge >= 0.3 is 0 Å². The summed E-state index contributed by atoms with van der Waals surface area (Å²) in [6, 6.07) is 5.83. The number of hydrogen-bond acceptors (Lipinski definition) is 1. The van der Waals surface area contributed by atoms with Crippen molar-refractivity contribution in [2.45, 2.75) is 31.8 Å². The third-order valence-electron chi connectivity index (χ3n) is 2.72. The largest absolute Gasteiger partial charge is 0.307 e. The number of halogens is 2. The van der Waals surface area contributed by atoms with E-state index in [0.717, 1.165) is 12.0 Å². The Hall–Kier alpha value is -0.600. The average molecular weight is 214 g/mol. The normalized spacial score (nSPS) is 26.8. The monoisotopic (exact) mass is 213 g/mol. The second-order valence-electron chi connectivity index (χ2n) is 3.87. The lowest BCUT2D eigenvalue weighted by molar-refractivity contribution is 0.581. The van der Waals surface area contributed by atoms with Crippen molar-refractivity contribution >= 4 is 11.6 Å². The lowest BCUT2D eigenvalue weighted by Crippen LogP contribution is -2.20. The molecule has 0 spiro atoms. The van der Waals surface area contributed by atoms with Gasteiger partial charge < -0.3 is 5.32 Å². The fourth-order valence-corrected chi connectivity index (χ4v) is 2.11. The highest BCUT2D eigenvalue weighted by Gasteiger charge is 2.21. The van der Waals surface area contributed by atoms with Crippen LogP contribution >= 0.6 is 11.6 Å². The quantitative estimate of drug-likeness (QED) is 0.755. The molecule has 1 N–H and O–H groups in total. The van der Waals surface area contributed by atoms with Crippen molar-refractivity contribution in [1.82, 2.24) is 5.32 Å². The first-order valence-corrected chi connectivity index (χ1v) is 5.25. The van der Waals surface area contributed by atoms with Crippen LogP contribution in [-0.4, -0.2) is 6.04 Å². The summed E-state index contributed by atoms with van der Waals surface area (Å²) in [6.45, 7) is 2.16. The summed E-state index contributed by atoms with van der Waals surface area (Å²) >= 11 is 5.73. The molecule has 1 aliphatic rings. The summed E-state index contributed by atoms with van der Waals surface area (Å²) in [5, 5.41) is 3.65. The molecule has 0 aromatic heterocycles. The minimum absolute atomic E-state index is 0.212. The van der Waals surface area contributed by atoms with Crippen LogP contribution in [0.4, 0.5) is 4.39 Å². The smallest absolute Gasteiger partial charge is 0.141 e. The SMILES string of the molecule is C[C@@H]1CC[C@H](c2ccc(F)c(Cl)c2)N1. The third-order valence-corrected chi connectivity index (χ3v) is 3.01. The highest BCUT2D eigenvalue weighted by atomic mass is 35.5. The van der Waals surface area contributed by atoms with E-state index in [9.17, 15) is 4.39 Å². The van der Waals surface area contributed by atoms with Gasteiger partial charge in [0.05, 0.1) is 5.02 Å². The molecule has 1 aromatic rings. The molecule has 3 heteroatoms.